The van der Waals surface area contributed by atoms with Gasteiger partial charge in [-0.1, -0.05) is 11.6 Å². The van der Waals surface area contributed by atoms with Crippen molar-refractivity contribution >= 4 is 29.4 Å². The van der Waals surface area contributed by atoms with Crippen molar-refractivity contribution < 1.29 is 24.3 Å². The zero-order valence-electron chi connectivity index (χ0n) is 15.1. The number of carbonyl (C=O) groups is 1. The predicted molar refractivity (Wildman–Crippen MR) is 103 cm³/mol. The lowest BCUT2D eigenvalue weighted by molar-refractivity contribution is -0.386. The monoisotopic (exact) mass is 407 g/mol. The van der Waals surface area contributed by atoms with E-state index in [1.165, 1.54) is 12.3 Å². The first-order valence-electron chi connectivity index (χ1n) is 8.16. The number of hydrogen-bond donors (Lipinski definition) is 2. The molecule has 0 heterocycles. The van der Waals surface area contributed by atoms with Crippen LogP contribution in [-0.4, -0.2) is 35.4 Å². The Hall–Kier alpha value is -3.33. The van der Waals surface area contributed by atoms with Gasteiger partial charge in [-0.2, -0.15) is 5.10 Å². The van der Waals surface area contributed by atoms with Gasteiger partial charge in [0.05, 0.1) is 17.7 Å². The Morgan fingerprint density at radius 2 is 2.11 bits per heavy atom. The summed E-state index contributed by atoms with van der Waals surface area (Å²) in [5, 5.41) is 25.2. The molecule has 1 amide bonds. The standard InChI is InChI=1S/C18H18ClN3O6/c1-3-27-16-8-12(7-15(18(16)24)22(25)26)9-20-21-17(23)10-28-13-4-5-14(19)11(2)6-13/h4-9,24H,3,10H2,1-2H3,(H,21,23). The molecular weight excluding hydrogens is 390 g/mol. The molecule has 2 aromatic rings. The molecule has 0 radical (unpaired) electrons. The van der Waals surface area contributed by atoms with Crippen LogP contribution >= 0.6 is 11.6 Å². The van der Waals surface area contributed by atoms with E-state index < -0.39 is 22.3 Å². The summed E-state index contributed by atoms with van der Waals surface area (Å²) in [4.78, 5) is 22.1. The Labute approximate surface area is 165 Å². The van der Waals surface area contributed by atoms with Gasteiger partial charge in [0.15, 0.2) is 12.4 Å². The van der Waals surface area contributed by atoms with Gasteiger partial charge in [-0.25, -0.2) is 5.43 Å². The molecule has 9 nitrogen and oxygen atoms in total. The number of phenols is 1. The number of ether oxygens (including phenoxy) is 2. The van der Waals surface area contributed by atoms with Gasteiger partial charge in [-0.05, 0) is 43.7 Å². The van der Waals surface area contributed by atoms with E-state index in [9.17, 15) is 20.0 Å². The fourth-order valence-electron chi connectivity index (χ4n) is 2.16. The number of amides is 1. The fourth-order valence-corrected chi connectivity index (χ4v) is 2.28. The smallest absolute Gasteiger partial charge is 0.315 e. The highest BCUT2D eigenvalue weighted by molar-refractivity contribution is 6.31. The molecule has 0 saturated carbocycles. The number of nitro benzene ring substituents is 1. The summed E-state index contributed by atoms with van der Waals surface area (Å²) in [5.41, 5.74) is 2.80. The van der Waals surface area contributed by atoms with Crippen LogP contribution in [-0.2, 0) is 4.79 Å². The predicted octanol–water partition coefficient (Wildman–Crippen LogP) is 3.19. The number of rotatable bonds is 8. The normalized spacial score (nSPS) is 10.7. The van der Waals surface area contributed by atoms with Crippen LogP contribution < -0.4 is 14.9 Å². The van der Waals surface area contributed by atoms with Crippen molar-refractivity contribution in [1.82, 2.24) is 5.43 Å². The second kappa shape index (κ2) is 9.56. The van der Waals surface area contributed by atoms with E-state index in [4.69, 9.17) is 21.1 Å². The van der Waals surface area contributed by atoms with Crippen LogP contribution in [0, 0.1) is 17.0 Å². The molecule has 0 saturated heterocycles. The Bertz CT molecular complexity index is 916. The van der Waals surface area contributed by atoms with Crippen LogP contribution in [0.25, 0.3) is 0 Å². The maximum Gasteiger partial charge on any atom is 0.315 e. The number of carbonyl (C=O) groups excluding carboxylic acids is 1. The van der Waals surface area contributed by atoms with Crippen LogP contribution in [0.15, 0.2) is 35.4 Å². The first-order valence-corrected chi connectivity index (χ1v) is 8.54. The molecule has 0 aliphatic rings. The van der Waals surface area contributed by atoms with E-state index in [1.54, 1.807) is 25.1 Å². The minimum Gasteiger partial charge on any atom is -0.500 e. The quantitative estimate of drug-likeness (QED) is 0.393. The summed E-state index contributed by atoms with van der Waals surface area (Å²) in [6.07, 6.45) is 1.19. The highest BCUT2D eigenvalue weighted by Gasteiger charge is 2.19. The highest BCUT2D eigenvalue weighted by atomic mass is 35.5. The van der Waals surface area contributed by atoms with Gasteiger partial charge in [0, 0.05) is 16.7 Å². The van der Waals surface area contributed by atoms with Gasteiger partial charge in [-0.15, -0.1) is 0 Å². The van der Waals surface area contributed by atoms with E-state index in [-0.39, 0.29) is 24.5 Å². The third-order valence-electron chi connectivity index (χ3n) is 3.48. The summed E-state index contributed by atoms with van der Waals surface area (Å²) < 4.78 is 10.5. The van der Waals surface area contributed by atoms with Crippen molar-refractivity contribution in [2.75, 3.05) is 13.2 Å². The number of halogens is 1. The molecule has 0 unspecified atom stereocenters. The Morgan fingerprint density at radius 3 is 2.75 bits per heavy atom. The van der Waals surface area contributed by atoms with Gasteiger partial charge in [0.1, 0.15) is 5.75 Å². The van der Waals surface area contributed by atoms with E-state index in [0.29, 0.717) is 10.8 Å². The van der Waals surface area contributed by atoms with E-state index in [1.807, 2.05) is 6.92 Å². The van der Waals surface area contributed by atoms with Crippen molar-refractivity contribution in [3.63, 3.8) is 0 Å². The van der Waals surface area contributed by atoms with Crippen molar-refractivity contribution in [3.05, 3.63) is 56.6 Å². The molecular formula is C18H18ClN3O6. The minimum absolute atomic E-state index is 0.0501. The maximum atomic E-state index is 11.8. The molecule has 148 valence electrons. The van der Waals surface area contributed by atoms with Gasteiger partial charge in [0.2, 0.25) is 5.75 Å². The van der Waals surface area contributed by atoms with Gasteiger partial charge >= 0.3 is 5.69 Å². The first kappa shape index (κ1) is 21.0. The minimum atomic E-state index is -0.740. The molecule has 0 fully saturated rings. The highest BCUT2D eigenvalue weighted by Crippen LogP contribution is 2.36. The van der Waals surface area contributed by atoms with E-state index >= 15 is 0 Å². The molecule has 0 aliphatic heterocycles. The van der Waals surface area contributed by atoms with Crippen LogP contribution in [0.3, 0.4) is 0 Å². The zero-order chi connectivity index (χ0) is 20.7. The largest absolute Gasteiger partial charge is 0.500 e. The fraction of sp³-hybridized carbons (Fsp3) is 0.222. The molecule has 0 atom stereocenters. The Kier molecular flexibility index (Phi) is 7.16. The molecule has 28 heavy (non-hydrogen) atoms. The van der Waals surface area contributed by atoms with Crippen LogP contribution in [0.1, 0.15) is 18.1 Å². The van der Waals surface area contributed by atoms with Gasteiger partial charge in [0.25, 0.3) is 5.91 Å². The zero-order valence-corrected chi connectivity index (χ0v) is 15.9. The average molecular weight is 408 g/mol. The number of aromatic hydroxyl groups is 1. The maximum absolute atomic E-state index is 11.8. The lowest BCUT2D eigenvalue weighted by Crippen LogP contribution is -2.24. The molecule has 10 heteroatoms. The lowest BCUT2D eigenvalue weighted by atomic mass is 10.2. The lowest BCUT2D eigenvalue weighted by Gasteiger charge is -2.07. The van der Waals surface area contributed by atoms with Crippen LogP contribution in [0.2, 0.25) is 5.02 Å². The second-order valence-corrected chi connectivity index (χ2v) is 5.98. The molecule has 2 N–H and O–H groups in total. The third kappa shape index (κ3) is 5.58. The number of nitro groups is 1. The SMILES string of the molecule is CCOc1cc(C=NNC(=O)COc2ccc(Cl)c(C)c2)cc([N+](=O)[O-])c1O. The topological polar surface area (TPSA) is 123 Å². The summed E-state index contributed by atoms with van der Waals surface area (Å²) in [6, 6.07) is 7.48. The summed E-state index contributed by atoms with van der Waals surface area (Å²) in [7, 11) is 0. The van der Waals surface area contributed by atoms with Gasteiger partial charge < -0.3 is 14.6 Å². The molecule has 0 bridgehead atoms. The summed E-state index contributed by atoms with van der Waals surface area (Å²) >= 11 is 5.92. The molecule has 0 aromatic heterocycles. The summed E-state index contributed by atoms with van der Waals surface area (Å²) in [5.74, 6) is -0.663. The summed E-state index contributed by atoms with van der Waals surface area (Å²) in [6.45, 7) is 3.42. The Morgan fingerprint density at radius 1 is 1.36 bits per heavy atom. The number of hydrogen-bond acceptors (Lipinski definition) is 7. The van der Waals surface area contributed by atoms with Gasteiger partial charge in [-0.3, -0.25) is 14.9 Å². The molecule has 2 rings (SSSR count). The van der Waals surface area contributed by atoms with E-state index in [0.717, 1.165) is 11.6 Å². The molecule has 0 spiro atoms. The molecule has 2 aromatic carbocycles. The van der Waals surface area contributed by atoms with E-state index in [2.05, 4.69) is 10.5 Å². The molecule has 0 aliphatic carbocycles. The average Bonchev–Trinajstić information content (AvgIpc) is 2.65. The van der Waals surface area contributed by atoms with Crippen LogP contribution in [0.5, 0.6) is 17.2 Å². The Balaban J connectivity index is 2.00. The first-order chi connectivity index (χ1) is 13.3. The number of aryl methyl sites for hydroxylation is 1. The number of nitrogens with zero attached hydrogens (tertiary/aromatic N) is 2. The number of phenolic OH excluding ortho intramolecular Hbond substituents is 1. The van der Waals surface area contributed by atoms with Crippen molar-refractivity contribution in [2.24, 2.45) is 5.10 Å². The van der Waals surface area contributed by atoms with Crippen LogP contribution in [0.4, 0.5) is 5.69 Å². The third-order valence-corrected chi connectivity index (χ3v) is 3.90. The van der Waals surface area contributed by atoms with Crippen molar-refractivity contribution in [3.8, 4) is 17.2 Å². The number of benzene rings is 2. The second-order valence-electron chi connectivity index (χ2n) is 5.57. The number of hydrazone groups is 1. The van der Waals surface area contributed by atoms with Crippen molar-refractivity contribution in [2.45, 2.75) is 13.8 Å². The number of nitrogens with one attached hydrogen (secondary N) is 1. The van der Waals surface area contributed by atoms with Crippen molar-refractivity contribution in [1.29, 1.82) is 0 Å².